The van der Waals surface area contributed by atoms with Crippen molar-refractivity contribution in [2.75, 3.05) is 0 Å². The molecule has 1 amide bonds. The molecule has 0 bridgehead atoms. The van der Waals surface area contributed by atoms with Gasteiger partial charge < -0.3 is 0 Å². The van der Waals surface area contributed by atoms with Crippen LogP contribution in [0.3, 0.4) is 0 Å². The van der Waals surface area contributed by atoms with Gasteiger partial charge in [0.25, 0.3) is 5.91 Å². The van der Waals surface area contributed by atoms with Crippen LogP contribution in [-0.4, -0.2) is 19.9 Å². The minimum Gasteiger partial charge on any atom is -0.274 e. The third-order valence-electron chi connectivity index (χ3n) is 4.38. The maximum atomic E-state index is 14.0. The van der Waals surface area contributed by atoms with Gasteiger partial charge in [0.1, 0.15) is 20.6 Å². The molecular formula is C19H27FN4O2S. The fourth-order valence-corrected chi connectivity index (χ4v) is 4.40. The summed E-state index contributed by atoms with van der Waals surface area (Å²) in [4.78, 5) is 12.8. The normalized spacial score (nSPS) is 13.9. The van der Waals surface area contributed by atoms with E-state index in [9.17, 15) is 13.4 Å². The summed E-state index contributed by atoms with van der Waals surface area (Å²) in [5.74, 6) is -0.863. The maximum Gasteiger partial charge on any atom is 0.259 e. The molecule has 0 fully saturated rings. The molecule has 6 nitrogen and oxygen atoms in total. The zero-order valence-electron chi connectivity index (χ0n) is 16.6. The molecule has 0 saturated carbocycles. The Labute approximate surface area is 160 Å². The first-order valence-electron chi connectivity index (χ1n) is 8.82. The summed E-state index contributed by atoms with van der Waals surface area (Å²) in [6.45, 7) is 9.42. The summed E-state index contributed by atoms with van der Waals surface area (Å²) in [5.41, 5.74) is 2.70. The Morgan fingerprint density at radius 2 is 1.78 bits per heavy atom. The average molecular weight is 395 g/mol. The molecule has 0 aliphatic heterocycles. The monoisotopic (exact) mass is 394 g/mol. The van der Waals surface area contributed by atoms with Crippen molar-refractivity contribution < 1.29 is 13.4 Å². The van der Waals surface area contributed by atoms with Gasteiger partial charge in [-0.3, -0.25) is 9.48 Å². The van der Waals surface area contributed by atoms with E-state index < -0.39 is 15.8 Å². The molecule has 0 saturated heterocycles. The zero-order chi connectivity index (χ0) is 20.5. The molecular weight excluding hydrogens is 367 g/mol. The van der Waals surface area contributed by atoms with Gasteiger partial charge >= 0.3 is 0 Å². The van der Waals surface area contributed by atoms with Crippen LogP contribution in [0.1, 0.15) is 61.9 Å². The molecule has 2 N–H and O–H groups in total. The number of aryl methyl sites for hydroxylation is 2. The lowest BCUT2D eigenvalue weighted by atomic mass is 9.87. The van der Waals surface area contributed by atoms with Crippen molar-refractivity contribution in [1.82, 2.24) is 9.78 Å². The standard InChI is InChI=1S/C19H27FN4O2S/c1-11(2)15-7-14(20)8-16(12(3)4)17(15)9-19(25)23-27(21,26)18-10-24(6)22-13(18)5/h7-8,10-12H,9H2,1-6H3,(H2,21,23,25,26). The topological polar surface area (TPSA) is 90.3 Å². The summed E-state index contributed by atoms with van der Waals surface area (Å²) >= 11 is 0. The molecule has 0 aliphatic carbocycles. The number of nitrogens with two attached hydrogens (primary N) is 1. The smallest absolute Gasteiger partial charge is 0.259 e. The fourth-order valence-electron chi connectivity index (χ4n) is 3.16. The van der Waals surface area contributed by atoms with Gasteiger partial charge in [0, 0.05) is 13.2 Å². The molecule has 1 aromatic heterocycles. The molecule has 0 spiro atoms. The second-order valence-corrected chi connectivity index (χ2v) is 9.11. The maximum absolute atomic E-state index is 14.0. The van der Waals surface area contributed by atoms with E-state index in [1.165, 1.54) is 23.0 Å². The number of carbonyl (C=O) groups is 1. The first-order valence-corrected chi connectivity index (χ1v) is 10.4. The summed E-state index contributed by atoms with van der Waals surface area (Å²) in [7, 11) is -1.72. The van der Waals surface area contributed by atoms with Crippen LogP contribution < -0.4 is 5.14 Å². The van der Waals surface area contributed by atoms with Gasteiger partial charge in [0.05, 0.1) is 12.1 Å². The summed E-state index contributed by atoms with van der Waals surface area (Å²) in [6.07, 6.45) is 1.43. The number of hydrogen-bond acceptors (Lipinski definition) is 3. The molecule has 2 aromatic rings. The highest BCUT2D eigenvalue weighted by molar-refractivity contribution is 7.91. The van der Waals surface area contributed by atoms with E-state index in [1.807, 2.05) is 27.7 Å². The van der Waals surface area contributed by atoms with E-state index in [4.69, 9.17) is 5.14 Å². The Hall–Kier alpha value is -2.06. The van der Waals surface area contributed by atoms with Crippen molar-refractivity contribution in [3.8, 4) is 0 Å². The Kier molecular flexibility index (Phi) is 6.21. The van der Waals surface area contributed by atoms with Crippen molar-refractivity contribution in [2.24, 2.45) is 16.5 Å². The molecule has 27 heavy (non-hydrogen) atoms. The Bertz CT molecular complexity index is 957. The van der Waals surface area contributed by atoms with Crippen LogP contribution in [0, 0.1) is 12.7 Å². The third kappa shape index (κ3) is 4.81. The molecule has 0 radical (unpaired) electrons. The number of aromatic nitrogens is 2. The van der Waals surface area contributed by atoms with Crippen molar-refractivity contribution in [2.45, 2.75) is 57.8 Å². The molecule has 1 unspecified atom stereocenters. The van der Waals surface area contributed by atoms with Gasteiger partial charge in [-0.25, -0.2) is 13.7 Å². The predicted octanol–water partition coefficient (Wildman–Crippen LogP) is 3.58. The van der Waals surface area contributed by atoms with Crippen molar-refractivity contribution in [3.63, 3.8) is 0 Å². The van der Waals surface area contributed by atoms with E-state index in [0.29, 0.717) is 5.69 Å². The number of hydrogen-bond donors (Lipinski definition) is 1. The van der Waals surface area contributed by atoms with E-state index in [2.05, 4.69) is 9.46 Å². The summed E-state index contributed by atoms with van der Waals surface area (Å²) < 4.78 is 32.1. The van der Waals surface area contributed by atoms with Gasteiger partial charge in [-0.05, 0) is 47.6 Å². The van der Waals surface area contributed by atoms with Crippen LogP contribution in [0.15, 0.2) is 27.6 Å². The van der Waals surface area contributed by atoms with E-state index in [1.54, 1.807) is 14.0 Å². The van der Waals surface area contributed by atoms with Crippen LogP contribution in [0.2, 0.25) is 0 Å². The SMILES string of the molecule is Cc1nn(C)cc1S(N)(=O)=NC(=O)Cc1c(C(C)C)cc(F)cc1C(C)C. The minimum absolute atomic E-state index is 0.0313. The third-order valence-corrected chi connectivity index (χ3v) is 5.88. The first-order chi connectivity index (χ1) is 12.4. The van der Waals surface area contributed by atoms with Gasteiger partial charge in [-0.1, -0.05) is 27.7 Å². The molecule has 8 heteroatoms. The number of rotatable bonds is 5. The van der Waals surface area contributed by atoms with E-state index in [-0.39, 0.29) is 29.0 Å². The lowest BCUT2D eigenvalue weighted by Crippen LogP contribution is -2.17. The number of halogens is 1. The number of amides is 1. The number of benzene rings is 1. The molecule has 1 heterocycles. The lowest BCUT2D eigenvalue weighted by molar-refractivity contribution is -0.117. The van der Waals surface area contributed by atoms with Crippen molar-refractivity contribution >= 4 is 15.8 Å². The summed E-state index contributed by atoms with van der Waals surface area (Å²) in [5, 5.41) is 9.95. The fraction of sp³-hybridized carbons (Fsp3) is 0.474. The van der Waals surface area contributed by atoms with Crippen LogP contribution in [0.5, 0.6) is 0 Å². The Morgan fingerprint density at radius 3 is 2.19 bits per heavy atom. The van der Waals surface area contributed by atoms with Gasteiger partial charge in [-0.15, -0.1) is 4.36 Å². The molecule has 2 rings (SSSR count). The van der Waals surface area contributed by atoms with Crippen LogP contribution in [-0.2, 0) is 28.2 Å². The quantitative estimate of drug-likeness (QED) is 0.840. The van der Waals surface area contributed by atoms with E-state index >= 15 is 0 Å². The van der Waals surface area contributed by atoms with Crippen molar-refractivity contribution in [3.05, 3.63) is 46.5 Å². The number of carbonyl (C=O) groups excluding carboxylic acids is 1. The largest absolute Gasteiger partial charge is 0.274 e. The van der Waals surface area contributed by atoms with Crippen LogP contribution >= 0.6 is 0 Å². The molecule has 1 aromatic carbocycles. The minimum atomic E-state index is -3.40. The molecule has 148 valence electrons. The Balaban J connectivity index is 2.49. The van der Waals surface area contributed by atoms with Crippen LogP contribution in [0.25, 0.3) is 0 Å². The number of nitrogens with zero attached hydrogens (tertiary/aromatic N) is 3. The highest BCUT2D eigenvalue weighted by Gasteiger charge is 2.21. The predicted molar refractivity (Wildman–Crippen MR) is 104 cm³/mol. The highest BCUT2D eigenvalue weighted by atomic mass is 32.2. The van der Waals surface area contributed by atoms with Gasteiger partial charge in [0.15, 0.2) is 0 Å². The summed E-state index contributed by atoms with van der Waals surface area (Å²) in [6, 6.07) is 2.90. The zero-order valence-corrected chi connectivity index (χ0v) is 17.4. The lowest BCUT2D eigenvalue weighted by Gasteiger charge is -2.19. The van der Waals surface area contributed by atoms with Gasteiger partial charge in [0.2, 0.25) is 0 Å². The Morgan fingerprint density at radius 1 is 1.26 bits per heavy atom. The van der Waals surface area contributed by atoms with E-state index in [0.717, 1.165) is 16.7 Å². The van der Waals surface area contributed by atoms with Gasteiger partial charge in [-0.2, -0.15) is 5.10 Å². The van der Waals surface area contributed by atoms with Crippen LogP contribution in [0.4, 0.5) is 4.39 Å². The van der Waals surface area contributed by atoms with Crippen molar-refractivity contribution in [1.29, 1.82) is 0 Å². The second kappa shape index (κ2) is 7.90. The average Bonchev–Trinajstić information content (AvgIpc) is 2.87. The second-order valence-electron chi connectivity index (χ2n) is 7.36. The highest BCUT2D eigenvalue weighted by Crippen LogP contribution is 2.30. The molecule has 1 atom stereocenters. The molecule has 0 aliphatic rings. The first kappa shape index (κ1) is 21.2.